The molecule has 3 aliphatic heterocycles. The van der Waals surface area contributed by atoms with E-state index in [4.69, 9.17) is 14.2 Å². The van der Waals surface area contributed by atoms with Crippen LogP contribution in [0, 0.1) is 0 Å². The van der Waals surface area contributed by atoms with Gasteiger partial charge in [0.15, 0.2) is 17.3 Å². The lowest BCUT2D eigenvalue weighted by atomic mass is 10.2. The molecule has 2 aromatic rings. The number of nitrogens with zero attached hydrogens (tertiary/aromatic N) is 4. The van der Waals surface area contributed by atoms with Crippen molar-refractivity contribution < 1.29 is 19.0 Å². The van der Waals surface area contributed by atoms with Crippen LogP contribution in [0.4, 0.5) is 11.5 Å². The molecule has 10 heteroatoms. The second-order valence-electron chi connectivity index (χ2n) is 7.87. The summed E-state index contributed by atoms with van der Waals surface area (Å²) >= 11 is 0. The summed E-state index contributed by atoms with van der Waals surface area (Å²) in [4.78, 5) is 22.6. The number of carbonyl (C=O) groups is 1. The quantitative estimate of drug-likeness (QED) is 0.623. The van der Waals surface area contributed by atoms with E-state index in [-0.39, 0.29) is 12.5 Å². The molecule has 0 saturated carbocycles. The summed E-state index contributed by atoms with van der Waals surface area (Å²) in [5, 5.41) is 7.69. The molecule has 1 aromatic heterocycles. The molecule has 10 nitrogen and oxygen atoms in total. The van der Waals surface area contributed by atoms with E-state index in [0.717, 1.165) is 42.9 Å². The lowest BCUT2D eigenvalue weighted by molar-refractivity contribution is -0.127. The molecule has 172 valence electrons. The summed E-state index contributed by atoms with van der Waals surface area (Å²) < 4.78 is 17.0. The summed E-state index contributed by atoms with van der Waals surface area (Å²) in [5.74, 6) is 3.38. The fourth-order valence-corrected chi connectivity index (χ4v) is 3.91. The van der Waals surface area contributed by atoms with Gasteiger partial charge in [-0.05, 0) is 37.1 Å². The van der Waals surface area contributed by atoms with Crippen molar-refractivity contribution in [3.8, 4) is 11.5 Å². The number of hydrazone groups is 1. The van der Waals surface area contributed by atoms with Gasteiger partial charge in [-0.3, -0.25) is 10.2 Å². The van der Waals surface area contributed by atoms with Gasteiger partial charge in [0, 0.05) is 38.3 Å². The third-order valence-corrected chi connectivity index (χ3v) is 5.53. The van der Waals surface area contributed by atoms with Gasteiger partial charge in [0.25, 0.3) is 0 Å². The van der Waals surface area contributed by atoms with Gasteiger partial charge in [-0.1, -0.05) is 0 Å². The molecule has 1 saturated heterocycles. The maximum atomic E-state index is 11.7. The van der Waals surface area contributed by atoms with Crippen LogP contribution in [-0.4, -0.2) is 67.0 Å². The summed E-state index contributed by atoms with van der Waals surface area (Å²) in [6, 6.07) is 9.29. The first kappa shape index (κ1) is 21.0. The standard InChI is InChI=1S/C23H26N6O4/c30-21-5-2-10-29(21)11-3-9-25-22-17(4-1-8-24-22)23-28-27-20(15-33-23)26-16-6-7-18-19(14-16)32-13-12-31-18/h1,4,6-8,14H,2-3,5,9-13,15H2,(H,24,25)(H,26,27). The van der Waals surface area contributed by atoms with Crippen LogP contribution in [-0.2, 0) is 9.53 Å². The number of fused-ring (bicyclic) bond motifs is 1. The van der Waals surface area contributed by atoms with Crippen molar-refractivity contribution in [2.75, 3.05) is 44.8 Å². The van der Waals surface area contributed by atoms with Crippen LogP contribution < -0.4 is 20.2 Å². The highest BCUT2D eigenvalue weighted by atomic mass is 16.6. The third-order valence-electron chi connectivity index (χ3n) is 5.53. The topological polar surface area (TPSA) is 110 Å². The van der Waals surface area contributed by atoms with Crippen LogP contribution in [0.15, 0.2) is 46.6 Å². The molecular formula is C23H26N6O4. The lowest BCUT2D eigenvalue weighted by Crippen LogP contribution is -2.33. The number of amidine groups is 1. The van der Waals surface area contributed by atoms with Gasteiger partial charge in [0.1, 0.15) is 25.6 Å². The number of rotatable bonds is 7. The number of likely N-dealkylation sites (tertiary alicyclic amines) is 1. The zero-order valence-corrected chi connectivity index (χ0v) is 18.2. The van der Waals surface area contributed by atoms with Gasteiger partial charge in [0.05, 0.1) is 11.3 Å². The van der Waals surface area contributed by atoms with Crippen LogP contribution >= 0.6 is 0 Å². The number of hydrogen-bond donors (Lipinski definition) is 2. The Labute approximate surface area is 191 Å². The number of aromatic nitrogens is 1. The summed E-state index contributed by atoms with van der Waals surface area (Å²) in [6.07, 6.45) is 4.20. The molecule has 0 unspecified atom stereocenters. The molecule has 0 atom stereocenters. The van der Waals surface area contributed by atoms with E-state index in [1.807, 2.05) is 35.2 Å². The van der Waals surface area contributed by atoms with E-state index >= 15 is 0 Å². The number of aliphatic imine (C=N–C) groups is 1. The predicted molar refractivity (Wildman–Crippen MR) is 123 cm³/mol. The summed E-state index contributed by atoms with van der Waals surface area (Å²) in [7, 11) is 0. The Morgan fingerprint density at radius 1 is 1.15 bits per heavy atom. The number of carbonyl (C=O) groups excluding carboxylic acids is 1. The van der Waals surface area contributed by atoms with Crippen molar-refractivity contribution in [1.29, 1.82) is 0 Å². The minimum absolute atomic E-state index is 0.248. The maximum Gasteiger partial charge on any atom is 0.242 e. The normalized spacial score (nSPS) is 18.5. The smallest absolute Gasteiger partial charge is 0.242 e. The average Bonchev–Trinajstić information content (AvgIpc) is 3.27. The largest absolute Gasteiger partial charge is 0.486 e. The molecule has 0 aliphatic carbocycles. The third kappa shape index (κ3) is 5.00. The fourth-order valence-electron chi connectivity index (χ4n) is 3.91. The second-order valence-corrected chi connectivity index (χ2v) is 7.87. The molecule has 0 spiro atoms. The van der Waals surface area contributed by atoms with E-state index in [2.05, 4.69) is 25.8 Å². The zero-order valence-electron chi connectivity index (χ0n) is 18.2. The molecule has 5 rings (SSSR count). The van der Waals surface area contributed by atoms with Gasteiger partial charge in [0.2, 0.25) is 11.8 Å². The Bertz CT molecular complexity index is 1090. The van der Waals surface area contributed by atoms with Crippen LogP contribution in [0.25, 0.3) is 0 Å². The Kier molecular flexibility index (Phi) is 6.23. The SMILES string of the molecule is O=C1CCCN1CCCNc1ncccc1C1=NNC(=Nc2ccc3c(c2)OCCO3)CO1. The number of hydrogen-bond acceptors (Lipinski definition) is 8. The molecule has 0 bridgehead atoms. The molecule has 1 amide bonds. The number of amides is 1. The van der Waals surface area contributed by atoms with E-state index in [9.17, 15) is 4.79 Å². The Hall–Kier alpha value is -3.82. The molecule has 33 heavy (non-hydrogen) atoms. The van der Waals surface area contributed by atoms with Crippen molar-refractivity contribution in [2.24, 2.45) is 10.1 Å². The number of pyridine rings is 1. The minimum Gasteiger partial charge on any atom is -0.486 e. The monoisotopic (exact) mass is 450 g/mol. The number of ether oxygens (including phenoxy) is 3. The molecule has 1 fully saturated rings. The van der Waals surface area contributed by atoms with Gasteiger partial charge in [-0.2, -0.15) is 0 Å². The highest BCUT2D eigenvalue weighted by molar-refractivity contribution is 6.02. The zero-order chi connectivity index (χ0) is 22.5. The van der Waals surface area contributed by atoms with Crippen molar-refractivity contribution in [3.63, 3.8) is 0 Å². The van der Waals surface area contributed by atoms with E-state index < -0.39 is 0 Å². The average molecular weight is 450 g/mol. The highest BCUT2D eigenvalue weighted by Crippen LogP contribution is 2.33. The highest BCUT2D eigenvalue weighted by Gasteiger charge is 2.20. The predicted octanol–water partition coefficient (Wildman–Crippen LogP) is 2.29. The van der Waals surface area contributed by atoms with Crippen molar-refractivity contribution in [2.45, 2.75) is 19.3 Å². The maximum absolute atomic E-state index is 11.7. The van der Waals surface area contributed by atoms with Crippen LogP contribution in [0.1, 0.15) is 24.8 Å². The molecular weight excluding hydrogens is 424 g/mol. The Morgan fingerprint density at radius 2 is 2.06 bits per heavy atom. The Balaban J connectivity index is 1.20. The second kappa shape index (κ2) is 9.76. The summed E-state index contributed by atoms with van der Waals surface area (Å²) in [5.41, 5.74) is 4.46. The van der Waals surface area contributed by atoms with Gasteiger partial charge in [-0.25, -0.2) is 9.98 Å². The first-order valence-corrected chi connectivity index (χ1v) is 11.2. The molecule has 3 aliphatic rings. The first-order valence-electron chi connectivity index (χ1n) is 11.2. The van der Waals surface area contributed by atoms with Gasteiger partial charge < -0.3 is 24.4 Å². The van der Waals surface area contributed by atoms with E-state index in [1.54, 1.807) is 6.20 Å². The number of benzene rings is 1. The first-order chi connectivity index (χ1) is 16.3. The molecule has 1 aromatic carbocycles. The molecule has 4 heterocycles. The van der Waals surface area contributed by atoms with Crippen molar-refractivity contribution in [3.05, 3.63) is 42.1 Å². The molecule has 0 radical (unpaired) electrons. The van der Waals surface area contributed by atoms with Crippen molar-refractivity contribution in [1.82, 2.24) is 15.3 Å². The fraction of sp³-hybridized carbons (Fsp3) is 0.391. The minimum atomic E-state index is 0.248. The van der Waals surface area contributed by atoms with E-state index in [0.29, 0.717) is 49.5 Å². The Morgan fingerprint density at radius 3 is 2.88 bits per heavy atom. The van der Waals surface area contributed by atoms with Gasteiger partial charge in [-0.15, -0.1) is 5.10 Å². The van der Waals surface area contributed by atoms with Crippen LogP contribution in [0.2, 0.25) is 0 Å². The number of anilines is 1. The van der Waals surface area contributed by atoms with Gasteiger partial charge >= 0.3 is 0 Å². The van der Waals surface area contributed by atoms with Crippen LogP contribution in [0.5, 0.6) is 11.5 Å². The van der Waals surface area contributed by atoms with Crippen LogP contribution in [0.3, 0.4) is 0 Å². The van der Waals surface area contributed by atoms with Crippen molar-refractivity contribution >= 4 is 29.1 Å². The van der Waals surface area contributed by atoms with E-state index in [1.165, 1.54) is 0 Å². The molecule has 2 N–H and O–H groups in total. The number of nitrogens with one attached hydrogen (secondary N) is 2. The lowest BCUT2D eigenvalue weighted by Gasteiger charge is -2.20. The summed E-state index contributed by atoms with van der Waals surface area (Å²) in [6.45, 7) is 3.65.